The standard InChI is InChI=1S/C26H29N7O4/c1-17-23(30-33(29-17)19-6-3-2-4-7-19)24(34)28-18-10-11-22(27-16-18)31-12-14-32(15-13-31)25(35)20-8-5-9-21(20)26(36)37/h2-4,6-7,10-11,16,20-21H,5,8-9,12-15H2,1H3,(H,28,34)(H,36,37)/t20-,21-/m0/s1. The van der Waals surface area contributed by atoms with Crippen LogP contribution in [0.2, 0.25) is 0 Å². The molecule has 3 heterocycles. The van der Waals surface area contributed by atoms with Gasteiger partial charge < -0.3 is 20.2 Å². The maximum Gasteiger partial charge on any atom is 0.307 e. The van der Waals surface area contributed by atoms with Crippen molar-refractivity contribution in [3.05, 3.63) is 60.0 Å². The Hall–Kier alpha value is -4.28. The molecular formula is C26H29N7O4. The second kappa shape index (κ2) is 10.4. The Morgan fingerprint density at radius 1 is 0.946 bits per heavy atom. The van der Waals surface area contributed by atoms with E-state index >= 15 is 0 Å². The number of carboxylic acid groups (broad SMARTS) is 1. The highest BCUT2D eigenvalue weighted by molar-refractivity contribution is 6.03. The number of rotatable bonds is 6. The number of carboxylic acids is 1. The highest BCUT2D eigenvalue weighted by atomic mass is 16.4. The lowest BCUT2D eigenvalue weighted by Gasteiger charge is -2.37. The number of anilines is 2. The second-order valence-electron chi connectivity index (χ2n) is 9.41. The number of para-hydroxylation sites is 1. The number of pyridine rings is 1. The number of hydrogen-bond acceptors (Lipinski definition) is 7. The summed E-state index contributed by atoms with van der Waals surface area (Å²) < 4.78 is 0. The summed E-state index contributed by atoms with van der Waals surface area (Å²) in [6, 6.07) is 13.0. The molecule has 0 unspecified atom stereocenters. The zero-order chi connectivity index (χ0) is 25.9. The predicted octanol–water partition coefficient (Wildman–Crippen LogP) is 2.37. The number of nitrogens with one attached hydrogen (secondary N) is 1. The van der Waals surface area contributed by atoms with Crippen LogP contribution in [-0.2, 0) is 9.59 Å². The lowest BCUT2D eigenvalue weighted by molar-refractivity contribution is -0.149. The van der Waals surface area contributed by atoms with Gasteiger partial charge in [-0.25, -0.2) is 4.98 Å². The van der Waals surface area contributed by atoms with Crippen LogP contribution in [-0.4, -0.2) is 73.9 Å². The van der Waals surface area contributed by atoms with E-state index in [0.29, 0.717) is 50.4 Å². The molecule has 0 bridgehead atoms. The van der Waals surface area contributed by atoms with Crippen LogP contribution < -0.4 is 10.2 Å². The predicted molar refractivity (Wildman–Crippen MR) is 136 cm³/mol. The highest BCUT2D eigenvalue weighted by Gasteiger charge is 2.40. The first kappa shape index (κ1) is 24.4. The van der Waals surface area contributed by atoms with Gasteiger partial charge in [0.05, 0.1) is 35.1 Å². The number of amides is 2. The molecule has 1 saturated carbocycles. The van der Waals surface area contributed by atoms with Gasteiger partial charge in [0.2, 0.25) is 5.91 Å². The van der Waals surface area contributed by atoms with Gasteiger partial charge in [-0.1, -0.05) is 24.6 Å². The van der Waals surface area contributed by atoms with Gasteiger partial charge in [0, 0.05) is 26.2 Å². The number of carbonyl (C=O) groups is 3. The highest BCUT2D eigenvalue weighted by Crippen LogP contribution is 2.33. The molecule has 0 spiro atoms. The zero-order valence-electron chi connectivity index (χ0n) is 20.6. The van der Waals surface area contributed by atoms with Crippen molar-refractivity contribution in [3.63, 3.8) is 0 Å². The van der Waals surface area contributed by atoms with Gasteiger partial charge in [-0.2, -0.15) is 9.90 Å². The minimum absolute atomic E-state index is 0.0462. The third-order valence-corrected chi connectivity index (χ3v) is 7.06. The third kappa shape index (κ3) is 5.16. The van der Waals surface area contributed by atoms with E-state index in [9.17, 15) is 19.5 Å². The molecule has 1 aliphatic carbocycles. The molecule has 0 radical (unpaired) electrons. The van der Waals surface area contributed by atoms with E-state index in [-0.39, 0.29) is 17.5 Å². The van der Waals surface area contributed by atoms with Crippen molar-refractivity contribution in [3.8, 4) is 5.69 Å². The minimum Gasteiger partial charge on any atom is -0.481 e. The number of benzene rings is 1. The van der Waals surface area contributed by atoms with E-state index in [4.69, 9.17) is 0 Å². The Bertz CT molecular complexity index is 1280. The molecule has 2 N–H and O–H groups in total. The fourth-order valence-corrected chi connectivity index (χ4v) is 5.04. The summed E-state index contributed by atoms with van der Waals surface area (Å²) in [5, 5.41) is 20.9. The average Bonchev–Trinajstić information content (AvgIpc) is 3.57. The third-order valence-electron chi connectivity index (χ3n) is 7.06. The van der Waals surface area contributed by atoms with E-state index in [1.54, 1.807) is 24.1 Å². The number of aliphatic carboxylic acids is 1. The van der Waals surface area contributed by atoms with E-state index in [1.165, 1.54) is 4.80 Å². The van der Waals surface area contributed by atoms with Gasteiger partial charge >= 0.3 is 5.97 Å². The van der Waals surface area contributed by atoms with Crippen LogP contribution in [0, 0.1) is 18.8 Å². The van der Waals surface area contributed by atoms with Crippen molar-refractivity contribution in [2.45, 2.75) is 26.2 Å². The number of aryl methyl sites for hydroxylation is 1. The molecule has 11 heteroatoms. The van der Waals surface area contributed by atoms with E-state index in [2.05, 4.69) is 25.4 Å². The van der Waals surface area contributed by atoms with Crippen molar-refractivity contribution in [2.75, 3.05) is 36.4 Å². The van der Waals surface area contributed by atoms with E-state index < -0.39 is 17.8 Å². The van der Waals surface area contributed by atoms with Crippen LogP contribution in [0.4, 0.5) is 11.5 Å². The monoisotopic (exact) mass is 503 g/mol. The largest absolute Gasteiger partial charge is 0.481 e. The number of hydrogen-bond donors (Lipinski definition) is 2. The first-order valence-electron chi connectivity index (χ1n) is 12.4. The molecular weight excluding hydrogens is 474 g/mol. The molecule has 37 heavy (non-hydrogen) atoms. The Morgan fingerprint density at radius 3 is 2.35 bits per heavy atom. The molecule has 2 fully saturated rings. The first-order chi connectivity index (χ1) is 17.9. The lowest BCUT2D eigenvalue weighted by atomic mass is 9.94. The molecule has 5 rings (SSSR count). The smallest absolute Gasteiger partial charge is 0.307 e. The van der Waals surface area contributed by atoms with Crippen LogP contribution in [0.15, 0.2) is 48.7 Å². The summed E-state index contributed by atoms with van der Waals surface area (Å²) in [5.41, 5.74) is 2.06. The number of piperazine rings is 1. The molecule has 3 aromatic rings. The number of nitrogens with zero attached hydrogens (tertiary/aromatic N) is 6. The normalized spacial score (nSPS) is 19.6. The molecule has 2 amide bonds. The Labute approximate surface area is 214 Å². The lowest BCUT2D eigenvalue weighted by Crippen LogP contribution is -2.51. The fourth-order valence-electron chi connectivity index (χ4n) is 5.04. The number of carbonyl (C=O) groups excluding carboxylic acids is 2. The Morgan fingerprint density at radius 2 is 1.68 bits per heavy atom. The summed E-state index contributed by atoms with van der Waals surface area (Å²) in [7, 11) is 0. The van der Waals surface area contributed by atoms with Gasteiger partial charge in [-0.3, -0.25) is 14.4 Å². The van der Waals surface area contributed by atoms with Crippen LogP contribution in [0.1, 0.15) is 35.4 Å². The molecule has 2 aliphatic rings. The van der Waals surface area contributed by atoms with Crippen LogP contribution in [0.3, 0.4) is 0 Å². The summed E-state index contributed by atoms with van der Waals surface area (Å²) in [4.78, 5) is 47.0. The van der Waals surface area contributed by atoms with Crippen LogP contribution in [0.5, 0.6) is 0 Å². The van der Waals surface area contributed by atoms with Crippen LogP contribution >= 0.6 is 0 Å². The van der Waals surface area contributed by atoms with E-state index in [0.717, 1.165) is 17.9 Å². The SMILES string of the molecule is Cc1nn(-c2ccccc2)nc1C(=O)Nc1ccc(N2CCN(C(=O)[C@H]3CCC[C@@H]3C(=O)O)CC2)nc1. The minimum atomic E-state index is -0.873. The second-order valence-corrected chi connectivity index (χ2v) is 9.41. The quantitative estimate of drug-likeness (QED) is 0.524. The van der Waals surface area contributed by atoms with Crippen molar-refractivity contribution in [2.24, 2.45) is 11.8 Å². The average molecular weight is 504 g/mol. The van der Waals surface area contributed by atoms with Crippen molar-refractivity contribution < 1.29 is 19.5 Å². The van der Waals surface area contributed by atoms with Gasteiger partial charge in [0.15, 0.2) is 5.69 Å². The molecule has 11 nitrogen and oxygen atoms in total. The summed E-state index contributed by atoms with van der Waals surface area (Å²) in [6.45, 7) is 4.01. The Kier molecular flexibility index (Phi) is 6.85. The number of aromatic nitrogens is 4. The first-order valence-corrected chi connectivity index (χ1v) is 12.4. The van der Waals surface area contributed by atoms with Crippen molar-refractivity contribution >= 4 is 29.3 Å². The maximum atomic E-state index is 12.9. The van der Waals surface area contributed by atoms with E-state index in [1.807, 2.05) is 36.4 Å². The topological polar surface area (TPSA) is 134 Å². The summed E-state index contributed by atoms with van der Waals surface area (Å²) in [5.74, 6) is -1.52. The molecule has 1 saturated heterocycles. The molecule has 2 aromatic heterocycles. The maximum absolute atomic E-state index is 12.9. The van der Waals surface area contributed by atoms with Gasteiger partial charge in [-0.15, -0.1) is 5.10 Å². The Balaban J connectivity index is 1.17. The molecule has 192 valence electrons. The van der Waals surface area contributed by atoms with Gasteiger partial charge in [0.1, 0.15) is 5.82 Å². The van der Waals surface area contributed by atoms with Crippen LogP contribution in [0.25, 0.3) is 5.69 Å². The molecule has 1 aliphatic heterocycles. The fraction of sp³-hybridized carbons (Fsp3) is 0.385. The zero-order valence-corrected chi connectivity index (χ0v) is 20.6. The van der Waals surface area contributed by atoms with Gasteiger partial charge in [0.25, 0.3) is 5.91 Å². The van der Waals surface area contributed by atoms with Gasteiger partial charge in [-0.05, 0) is 44.0 Å². The van der Waals surface area contributed by atoms with Crippen molar-refractivity contribution in [1.29, 1.82) is 0 Å². The van der Waals surface area contributed by atoms with Crippen molar-refractivity contribution in [1.82, 2.24) is 24.9 Å². The molecule has 1 aromatic carbocycles. The summed E-state index contributed by atoms with van der Waals surface area (Å²) in [6.07, 6.45) is 3.60. The summed E-state index contributed by atoms with van der Waals surface area (Å²) >= 11 is 0. The molecule has 2 atom stereocenters.